The molecule has 1 N–H and O–H groups in total. The number of rotatable bonds is 6. The lowest BCUT2D eigenvalue weighted by Crippen LogP contribution is -2.32. The lowest BCUT2D eigenvalue weighted by molar-refractivity contribution is -0.120. The van der Waals surface area contributed by atoms with Gasteiger partial charge in [-0.2, -0.15) is 0 Å². The summed E-state index contributed by atoms with van der Waals surface area (Å²) in [5.74, 6) is 1.09. The van der Waals surface area contributed by atoms with Crippen molar-refractivity contribution in [3.8, 4) is 11.1 Å². The third-order valence-corrected chi connectivity index (χ3v) is 6.00. The Morgan fingerprint density at radius 1 is 1.07 bits per heavy atom. The van der Waals surface area contributed by atoms with Crippen LogP contribution in [0.4, 0.5) is 0 Å². The fourth-order valence-electron chi connectivity index (χ4n) is 4.39. The first-order valence-electron chi connectivity index (χ1n) is 10.7. The number of amides is 1. The zero-order valence-corrected chi connectivity index (χ0v) is 17.4. The van der Waals surface area contributed by atoms with Crippen molar-refractivity contribution in [2.75, 3.05) is 6.54 Å². The molecule has 3 aromatic rings. The van der Waals surface area contributed by atoms with Crippen LogP contribution in [0.3, 0.4) is 0 Å². The van der Waals surface area contributed by atoms with Crippen LogP contribution in [0.5, 0.6) is 0 Å². The van der Waals surface area contributed by atoms with Crippen LogP contribution in [0, 0.1) is 12.8 Å². The maximum Gasteiger partial charge on any atom is 0.224 e. The summed E-state index contributed by atoms with van der Waals surface area (Å²) in [6.45, 7) is 2.82. The van der Waals surface area contributed by atoms with Crippen molar-refractivity contribution in [2.24, 2.45) is 5.92 Å². The van der Waals surface area contributed by atoms with Gasteiger partial charge in [-0.05, 0) is 61.8 Å². The van der Waals surface area contributed by atoms with Crippen LogP contribution in [-0.2, 0) is 11.2 Å². The summed E-state index contributed by atoms with van der Waals surface area (Å²) >= 11 is 0. The molecule has 2 heterocycles. The van der Waals surface area contributed by atoms with E-state index in [1.165, 1.54) is 5.56 Å². The average molecular weight is 401 g/mol. The molecule has 1 amide bonds. The fourth-order valence-corrected chi connectivity index (χ4v) is 4.39. The Morgan fingerprint density at radius 2 is 1.87 bits per heavy atom. The minimum absolute atomic E-state index is 0.110. The maximum atomic E-state index is 12.3. The Kier molecular flexibility index (Phi) is 6.47. The quantitative estimate of drug-likeness (QED) is 0.662. The molecule has 0 atom stereocenters. The molecular formula is C25H28N4O. The van der Waals surface area contributed by atoms with Crippen molar-refractivity contribution >= 4 is 5.91 Å². The monoisotopic (exact) mass is 400 g/mol. The van der Waals surface area contributed by atoms with E-state index in [4.69, 9.17) is 0 Å². The number of pyridine rings is 1. The lowest BCUT2D eigenvalue weighted by atomic mass is 9.79. The highest BCUT2D eigenvalue weighted by molar-refractivity contribution is 5.78. The molecule has 4 rings (SSSR count). The number of hydrogen-bond donors (Lipinski definition) is 1. The Balaban J connectivity index is 1.30. The van der Waals surface area contributed by atoms with Gasteiger partial charge in [0.1, 0.15) is 6.33 Å². The van der Waals surface area contributed by atoms with E-state index in [0.29, 0.717) is 18.3 Å². The number of aryl methyl sites for hydroxylation is 1. The second kappa shape index (κ2) is 9.61. The van der Waals surface area contributed by atoms with Crippen molar-refractivity contribution in [3.05, 3.63) is 78.1 Å². The van der Waals surface area contributed by atoms with Gasteiger partial charge in [0.15, 0.2) is 0 Å². The molecule has 5 nitrogen and oxygen atoms in total. The van der Waals surface area contributed by atoms with Crippen molar-refractivity contribution in [3.63, 3.8) is 0 Å². The molecule has 0 spiro atoms. The Bertz CT molecular complexity index is 981. The second-order valence-electron chi connectivity index (χ2n) is 8.25. The standard InChI is InChI=1S/C25H28N4O/c1-18-3-2-4-20(13-18)14-24(30)28-15-19-5-7-22(8-6-19)25-23(16-27-17-29-25)21-9-11-26-12-10-21/h2-4,9-13,16-17,19,22H,5-8,14-15H2,1H3,(H,28,30). The normalized spacial score (nSPS) is 18.7. The van der Waals surface area contributed by atoms with E-state index in [1.807, 2.05) is 42.9 Å². The molecule has 1 aliphatic rings. The Labute approximate surface area is 178 Å². The summed E-state index contributed by atoms with van der Waals surface area (Å²) in [6, 6.07) is 12.2. The first kappa shape index (κ1) is 20.2. The molecule has 1 saturated carbocycles. The van der Waals surface area contributed by atoms with Gasteiger partial charge >= 0.3 is 0 Å². The fraction of sp³-hybridized carbons (Fsp3) is 0.360. The highest BCUT2D eigenvalue weighted by atomic mass is 16.1. The van der Waals surface area contributed by atoms with Crippen molar-refractivity contribution in [2.45, 2.75) is 44.9 Å². The number of hydrogen-bond acceptors (Lipinski definition) is 4. The van der Waals surface area contributed by atoms with Crippen LogP contribution in [0.2, 0.25) is 0 Å². The molecule has 154 valence electrons. The molecule has 0 unspecified atom stereocenters. The summed E-state index contributed by atoms with van der Waals surface area (Å²) < 4.78 is 0. The van der Waals surface area contributed by atoms with Gasteiger partial charge in [-0.1, -0.05) is 29.8 Å². The molecule has 0 bridgehead atoms. The summed E-state index contributed by atoms with van der Waals surface area (Å²) in [4.78, 5) is 25.3. The number of carbonyl (C=O) groups is 1. The molecule has 0 radical (unpaired) electrons. The van der Waals surface area contributed by atoms with E-state index < -0.39 is 0 Å². The number of nitrogens with one attached hydrogen (secondary N) is 1. The number of aromatic nitrogens is 3. The van der Waals surface area contributed by atoms with Gasteiger partial charge in [-0.3, -0.25) is 9.78 Å². The molecule has 30 heavy (non-hydrogen) atoms. The van der Waals surface area contributed by atoms with E-state index in [9.17, 15) is 4.79 Å². The second-order valence-corrected chi connectivity index (χ2v) is 8.25. The van der Waals surface area contributed by atoms with E-state index in [0.717, 1.165) is 54.6 Å². The van der Waals surface area contributed by atoms with E-state index >= 15 is 0 Å². The zero-order chi connectivity index (χ0) is 20.8. The maximum absolute atomic E-state index is 12.3. The Morgan fingerprint density at radius 3 is 2.63 bits per heavy atom. The van der Waals surface area contributed by atoms with Gasteiger partial charge in [0.25, 0.3) is 0 Å². The van der Waals surface area contributed by atoms with E-state index in [-0.39, 0.29) is 5.91 Å². The summed E-state index contributed by atoms with van der Waals surface area (Å²) in [7, 11) is 0. The van der Waals surface area contributed by atoms with Gasteiger partial charge in [-0.15, -0.1) is 0 Å². The number of carbonyl (C=O) groups excluding carboxylic acids is 1. The third kappa shape index (κ3) is 5.09. The van der Waals surface area contributed by atoms with E-state index in [1.54, 1.807) is 6.33 Å². The van der Waals surface area contributed by atoms with Crippen LogP contribution < -0.4 is 5.32 Å². The minimum Gasteiger partial charge on any atom is -0.356 e. The molecule has 2 aromatic heterocycles. The molecule has 0 aliphatic heterocycles. The zero-order valence-electron chi connectivity index (χ0n) is 17.4. The molecule has 1 aromatic carbocycles. The topological polar surface area (TPSA) is 67.8 Å². The van der Waals surface area contributed by atoms with Crippen molar-refractivity contribution < 1.29 is 4.79 Å². The predicted molar refractivity (Wildman–Crippen MR) is 118 cm³/mol. The average Bonchev–Trinajstić information content (AvgIpc) is 2.79. The van der Waals surface area contributed by atoms with E-state index in [2.05, 4.69) is 39.3 Å². The lowest BCUT2D eigenvalue weighted by Gasteiger charge is -2.29. The Hall–Kier alpha value is -3.08. The van der Waals surface area contributed by atoms with Crippen LogP contribution in [0.25, 0.3) is 11.1 Å². The minimum atomic E-state index is 0.110. The largest absolute Gasteiger partial charge is 0.356 e. The summed E-state index contributed by atoms with van der Waals surface area (Å²) in [6.07, 6.45) is 12.0. The molecule has 1 aliphatic carbocycles. The molecular weight excluding hydrogens is 372 g/mol. The highest BCUT2D eigenvalue weighted by Crippen LogP contribution is 2.38. The van der Waals surface area contributed by atoms with Crippen LogP contribution in [0.15, 0.2) is 61.3 Å². The van der Waals surface area contributed by atoms with Gasteiger partial charge < -0.3 is 5.32 Å². The van der Waals surface area contributed by atoms with Crippen molar-refractivity contribution in [1.82, 2.24) is 20.3 Å². The molecule has 0 saturated heterocycles. The van der Waals surface area contributed by atoms with Gasteiger partial charge in [-0.25, -0.2) is 9.97 Å². The third-order valence-electron chi connectivity index (χ3n) is 6.00. The van der Waals surface area contributed by atoms with Crippen LogP contribution >= 0.6 is 0 Å². The summed E-state index contributed by atoms with van der Waals surface area (Å²) in [5.41, 5.74) is 5.62. The van der Waals surface area contributed by atoms with Crippen LogP contribution in [-0.4, -0.2) is 27.4 Å². The number of benzene rings is 1. The predicted octanol–water partition coefficient (Wildman–Crippen LogP) is 4.48. The van der Waals surface area contributed by atoms with Gasteiger partial charge in [0.2, 0.25) is 5.91 Å². The highest BCUT2D eigenvalue weighted by Gasteiger charge is 2.25. The van der Waals surface area contributed by atoms with Crippen molar-refractivity contribution in [1.29, 1.82) is 0 Å². The van der Waals surface area contributed by atoms with Gasteiger partial charge in [0.05, 0.1) is 12.1 Å². The molecule has 5 heteroatoms. The first-order valence-corrected chi connectivity index (χ1v) is 10.7. The first-order chi connectivity index (χ1) is 14.7. The SMILES string of the molecule is Cc1cccc(CC(=O)NCC2CCC(c3ncncc3-c3ccncc3)CC2)c1. The molecule has 1 fully saturated rings. The summed E-state index contributed by atoms with van der Waals surface area (Å²) in [5, 5.41) is 3.14. The van der Waals surface area contributed by atoms with Crippen LogP contribution in [0.1, 0.15) is 48.4 Å². The van der Waals surface area contributed by atoms with Gasteiger partial charge in [0, 0.05) is 36.6 Å². The smallest absolute Gasteiger partial charge is 0.224 e. The number of nitrogens with zero attached hydrogens (tertiary/aromatic N) is 3.